The lowest BCUT2D eigenvalue weighted by atomic mass is 10.1. The zero-order valence-electron chi connectivity index (χ0n) is 13.1. The van der Waals surface area contributed by atoms with Crippen LogP contribution in [0.2, 0.25) is 0 Å². The van der Waals surface area contributed by atoms with Crippen molar-refractivity contribution in [3.63, 3.8) is 0 Å². The van der Waals surface area contributed by atoms with Gasteiger partial charge in [0.15, 0.2) is 0 Å². The molecule has 0 heterocycles. The molecule has 0 aliphatic heterocycles. The van der Waals surface area contributed by atoms with Crippen molar-refractivity contribution in [2.45, 2.75) is 71.1 Å². The minimum atomic E-state index is -4.67. The van der Waals surface area contributed by atoms with Crippen LogP contribution in [0.25, 0.3) is 0 Å². The molecule has 0 amide bonds. The first-order chi connectivity index (χ1) is 9.91. The molecule has 0 bridgehead atoms. The molecule has 0 fully saturated rings. The van der Waals surface area contributed by atoms with E-state index >= 15 is 0 Å². The molecule has 0 atom stereocenters. The number of hydrogen-bond donors (Lipinski definition) is 2. The van der Waals surface area contributed by atoms with Crippen LogP contribution in [0.5, 0.6) is 0 Å². The summed E-state index contributed by atoms with van der Waals surface area (Å²) in [5.41, 5.74) is 0. The van der Waals surface area contributed by atoms with Crippen molar-refractivity contribution in [3.05, 3.63) is 0 Å². The zero-order valence-corrected chi connectivity index (χ0v) is 13.9. The SMILES string of the molecule is CCCCCCCCCCCCOCC[O].O=S(=O)(O)O. The third-order valence-electron chi connectivity index (χ3n) is 2.87. The molecular formula is C14H31O6S. The zero-order chi connectivity index (χ0) is 16.4. The maximum atomic E-state index is 10.1. The molecule has 6 nitrogen and oxygen atoms in total. The number of ether oxygens (including phenoxy) is 1. The van der Waals surface area contributed by atoms with E-state index in [2.05, 4.69) is 6.92 Å². The van der Waals surface area contributed by atoms with Crippen molar-refractivity contribution >= 4 is 10.4 Å². The minimum absolute atomic E-state index is 0.0994. The number of unbranched alkanes of at least 4 members (excludes halogenated alkanes) is 9. The van der Waals surface area contributed by atoms with E-state index in [1.807, 2.05) is 0 Å². The van der Waals surface area contributed by atoms with Gasteiger partial charge in [-0.25, -0.2) is 5.11 Å². The quantitative estimate of drug-likeness (QED) is 0.396. The molecule has 0 saturated carbocycles. The van der Waals surface area contributed by atoms with Gasteiger partial charge in [-0.1, -0.05) is 64.7 Å². The molecule has 0 saturated heterocycles. The van der Waals surface area contributed by atoms with Crippen molar-refractivity contribution in [1.82, 2.24) is 0 Å². The Hall–Kier alpha value is -0.210. The molecule has 0 unspecified atom stereocenters. The Morgan fingerprint density at radius 3 is 1.52 bits per heavy atom. The van der Waals surface area contributed by atoms with Gasteiger partial charge in [0.2, 0.25) is 0 Å². The smallest absolute Gasteiger partial charge is 0.379 e. The van der Waals surface area contributed by atoms with E-state index < -0.39 is 10.4 Å². The third-order valence-corrected chi connectivity index (χ3v) is 2.87. The Balaban J connectivity index is 0. The fourth-order valence-electron chi connectivity index (χ4n) is 1.85. The van der Waals surface area contributed by atoms with Crippen LogP contribution in [-0.2, 0) is 20.2 Å². The highest BCUT2D eigenvalue weighted by Crippen LogP contribution is 2.10. The van der Waals surface area contributed by atoms with Crippen molar-refractivity contribution in [2.24, 2.45) is 0 Å². The van der Waals surface area contributed by atoms with Crippen LogP contribution in [0.1, 0.15) is 71.1 Å². The maximum Gasteiger partial charge on any atom is 0.394 e. The van der Waals surface area contributed by atoms with Crippen LogP contribution >= 0.6 is 0 Å². The molecule has 0 aromatic rings. The van der Waals surface area contributed by atoms with Crippen LogP contribution < -0.4 is 0 Å². The average molecular weight is 327 g/mol. The van der Waals surface area contributed by atoms with Gasteiger partial charge in [-0.2, -0.15) is 8.42 Å². The van der Waals surface area contributed by atoms with Crippen LogP contribution in [-0.4, -0.2) is 37.3 Å². The highest BCUT2D eigenvalue weighted by Gasteiger charge is 1.93. The Bertz CT molecular complexity index is 257. The highest BCUT2D eigenvalue weighted by atomic mass is 32.3. The van der Waals surface area contributed by atoms with Gasteiger partial charge in [0, 0.05) is 6.61 Å². The van der Waals surface area contributed by atoms with Crippen molar-refractivity contribution < 1.29 is 27.4 Å². The summed E-state index contributed by atoms with van der Waals surface area (Å²) in [7, 11) is -4.67. The largest absolute Gasteiger partial charge is 0.394 e. The summed E-state index contributed by atoms with van der Waals surface area (Å²) in [6.45, 7) is 3.32. The first-order valence-electron chi connectivity index (χ1n) is 7.77. The standard InChI is InChI=1S/C14H29O2.H2O4S/c1-2-3-4-5-6-7-8-9-10-11-13-16-14-12-15;1-5(2,3)4/h2-14H2,1H3;(H2,1,2,3,4). The van der Waals surface area contributed by atoms with E-state index in [-0.39, 0.29) is 6.61 Å². The summed E-state index contributed by atoms with van der Waals surface area (Å²) < 4.78 is 36.7. The van der Waals surface area contributed by atoms with Gasteiger partial charge in [-0.15, -0.1) is 0 Å². The summed E-state index contributed by atoms with van der Waals surface area (Å²) in [5, 5.41) is 10.1. The van der Waals surface area contributed by atoms with E-state index in [4.69, 9.17) is 22.3 Å². The Morgan fingerprint density at radius 2 is 1.14 bits per heavy atom. The molecule has 0 aliphatic carbocycles. The second-order valence-electron chi connectivity index (χ2n) is 4.95. The summed E-state index contributed by atoms with van der Waals surface area (Å²) in [6.07, 6.45) is 13.4. The highest BCUT2D eigenvalue weighted by molar-refractivity contribution is 7.79. The molecule has 129 valence electrons. The molecule has 2 N–H and O–H groups in total. The third kappa shape index (κ3) is 38.3. The van der Waals surface area contributed by atoms with Crippen LogP contribution in [0.3, 0.4) is 0 Å². The molecule has 21 heavy (non-hydrogen) atoms. The molecule has 0 aromatic carbocycles. The van der Waals surface area contributed by atoms with Gasteiger partial charge < -0.3 is 4.74 Å². The second kappa shape index (κ2) is 17.8. The van der Waals surface area contributed by atoms with Crippen molar-refractivity contribution in [2.75, 3.05) is 19.8 Å². The first kappa shape index (κ1) is 23.1. The van der Waals surface area contributed by atoms with Gasteiger partial charge in [-0.05, 0) is 6.42 Å². The van der Waals surface area contributed by atoms with E-state index in [1.165, 1.54) is 57.8 Å². The van der Waals surface area contributed by atoms with Crippen LogP contribution in [0, 0.1) is 0 Å². The monoisotopic (exact) mass is 327 g/mol. The fraction of sp³-hybridized carbons (Fsp3) is 1.00. The molecule has 0 aromatic heterocycles. The van der Waals surface area contributed by atoms with Gasteiger partial charge in [0.25, 0.3) is 0 Å². The normalized spacial score (nSPS) is 11.0. The van der Waals surface area contributed by atoms with Gasteiger partial charge in [-0.3, -0.25) is 9.11 Å². The summed E-state index contributed by atoms with van der Waals surface area (Å²) in [6, 6.07) is 0. The molecule has 0 rings (SSSR count). The van der Waals surface area contributed by atoms with E-state index in [9.17, 15) is 5.11 Å². The Kier molecular flexibility index (Phi) is 19.6. The average Bonchev–Trinajstić information content (AvgIpc) is 2.38. The lowest BCUT2D eigenvalue weighted by Gasteiger charge is -2.02. The Labute approximate surface area is 129 Å². The molecular weight excluding hydrogens is 296 g/mol. The number of hydrogen-bond acceptors (Lipinski definition) is 3. The van der Waals surface area contributed by atoms with Gasteiger partial charge in [0.1, 0.15) is 6.61 Å². The fourth-order valence-corrected chi connectivity index (χ4v) is 1.85. The van der Waals surface area contributed by atoms with Crippen molar-refractivity contribution in [3.8, 4) is 0 Å². The maximum absolute atomic E-state index is 10.1. The van der Waals surface area contributed by atoms with E-state index in [1.54, 1.807) is 0 Å². The lowest BCUT2D eigenvalue weighted by Crippen LogP contribution is -1.99. The van der Waals surface area contributed by atoms with Gasteiger partial charge in [0.05, 0.1) is 6.61 Å². The summed E-state index contributed by atoms with van der Waals surface area (Å²) >= 11 is 0. The number of rotatable bonds is 13. The predicted molar refractivity (Wildman–Crippen MR) is 82.4 cm³/mol. The molecule has 1 radical (unpaired) electrons. The molecule has 0 spiro atoms. The van der Waals surface area contributed by atoms with E-state index in [0.29, 0.717) is 6.61 Å². The first-order valence-corrected chi connectivity index (χ1v) is 9.17. The predicted octanol–water partition coefficient (Wildman–Crippen LogP) is 3.70. The van der Waals surface area contributed by atoms with Crippen LogP contribution in [0.15, 0.2) is 0 Å². The Morgan fingerprint density at radius 1 is 0.762 bits per heavy atom. The summed E-state index contributed by atoms with van der Waals surface area (Å²) in [4.78, 5) is 0. The minimum Gasteiger partial charge on any atom is -0.379 e. The topological polar surface area (TPSA) is 104 Å². The van der Waals surface area contributed by atoms with Gasteiger partial charge >= 0.3 is 10.4 Å². The van der Waals surface area contributed by atoms with E-state index in [0.717, 1.165) is 13.0 Å². The molecule has 0 aliphatic rings. The lowest BCUT2D eigenvalue weighted by molar-refractivity contribution is 0.0618. The molecule has 7 heteroatoms. The van der Waals surface area contributed by atoms with Crippen LogP contribution in [0.4, 0.5) is 0 Å². The van der Waals surface area contributed by atoms with Crippen molar-refractivity contribution in [1.29, 1.82) is 0 Å². The second-order valence-corrected chi connectivity index (χ2v) is 5.84. The summed E-state index contributed by atoms with van der Waals surface area (Å²) in [5.74, 6) is 0.